The molecular weight excluding hydrogens is 461 g/mol. The van der Waals surface area contributed by atoms with Crippen molar-refractivity contribution in [3.8, 4) is 5.75 Å². The molecule has 1 aliphatic rings. The Morgan fingerprint density at radius 3 is 2.80 bits per heavy atom. The van der Waals surface area contributed by atoms with Crippen LogP contribution >= 0.6 is 11.8 Å². The number of rotatable bonds is 6. The van der Waals surface area contributed by atoms with E-state index < -0.39 is 11.9 Å². The molecule has 2 atom stereocenters. The maximum absolute atomic E-state index is 13.6. The van der Waals surface area contributed by atoms with Crippen molar-refractivity contribution >= 4 is 40.8 Å². The number of pyridine rings is 1. The van der Waals surface area contributed by atoms with Gasteiger partial charge in [0.2, 0.25) is 0 Å². The predicted molar refractivity (Wildman–Crippen MR) is 139 cm³/mol. The van der Waals surface area contributed by atoms with Crippen molar-refractivity contribution in [3.63, 3.8) is 0 Å². The van der Waals surface area contributed by atoms with E-state index in [-0.39, 0.29) is 11.1 Å². The Bertz CT molecular complexity index is 1430. The summed E-state index contributed by atoms with van der Waals surface area (Å²) in [7, 11) is 0. The number of benzene rings is 3. The largest absolute Gasteiger partial charge is 0.489 e. The number of nitrogens with zero attached hydrogens (tertiary/aromatic N) is 1. The third-order valence-corrected chi connectivity index (χ3v) is 7.63. The number of carboxylic acid groups (broad SMARTS) is 1. The van der Waals surface area contributed by atoms with Crippen LogP contribution in [0.1, 0.15) is 40.1 Å². The Hall–Kier alpha value is -3.64. The Morgan fingerprint density at radius 1 is 1.11 bits per heavy atom. The van der Waals surface area contributed by atoms with Gasteiger partial charge in [-0.1, -0.05) is 49.4 Å². The first-order valence-corrected chi connectivity index (χ1v) is 12.5. The molecule has 0 bridgehead atoms. The van der Waals surface area contributed by atoms with Gasteiger partial charge in [-0.05, 0) is 53.1 Å². The van der Waals surface area contributed by atoms with Gasteiger partial charge < -0.3 is 9.84 Å². The number of aliphatic carboxylic acids is 1. The third-order valence-electron chi connectivity index (χ3n) is 6.09. The first-order valence-electron chi connectivity index (χ1n) is 11.4. The van der Waals surface area contributed by atoms with E-state index in [0.717, 1.165) is 39.1 Å². The summed E-state index contributed by atoms with van der Waals surface area (Å²) in [5, 5.41) is 10.2. The molecular formula is C29H24FNO3S. The summed E-state index contributed by atoms with van der Waals surface area (Å²) in [6.07, 6.45) is 3.89. The highest BCUT2D eigenvalue weighted by molar-refractivity contribution is 7.99. The molecule has 4 nitrogen and oxygen atoms in total. The minimum Gasteiger partial charge on any atom is -0.489 e. The van der Waals surface area contributed by atoms with E-state index in [1.165, 1.54) is 12.1 Å². The first kappa shape index (κ1) is 23.1. The second kappa shape index (κ2) is 9.92. The Labute approximate surface area is 207 Å². The van der Waals surface area contributed by atoms with Crippen LogP contribution in [0, 0.1) is 11.7 Å². The zero-order chi connectivity index (χ0) is 24.4. The zero-order valence-corrected chi connectivity index (χ0v) is 20.0. The molecule has 35 heavy (non-hydrogen) atoms. The van der Waals surface area contributed by atoms with Crippen molar-refractivity contribution in [3.05, 3.63) is 107 Å². The molecule has 0 spiro atoms. The average molecular weight is 486 g/mol. The van der Waals surface area contributed by atoms with Crippen molar-refractivity contribution in [1.82, 2.24) is 4.98 Å². The van der Waals surface area contributed by atoms with Crippen LogP contribution in [-0.4, -0.2) is 21.8 Å². The van der Waals surface area contributed by atoms with Gasteiger partial charge in [0.15, 0.2) is 0 Å². The summed E-state index contributed by atoms with van der Waals surface area (Å²) in [5.41, 5.74) is 5.60. The lowest BCUT2D eigenvalue weighted by Gasteiger charge is -2.20. The smallest absolute Gasteiger partial charge is 0.307 e. The topological polar surface area (TPSA) is 59.4 Å². The molecule has 0 saturated carbocycles. The van der Waals surface area contributed by atoms with Crippen LogP contribution in [0.5, 0.6) is 5.75 Å². The molecule has 1 aliphatic heterocycles. The van der Waals surface area contributed by atoms with Gasteiger partial charge in [0.25, 0.3) is 0 Å². The van der Waals surface area contributed by atoms with Gasteiger partial charge in [0.1, 0.15) is 18.2 Å². The summed E-state index contributed by atoms with van der Waals surface area (Å²) in [4.78, 5) is 16.0. The lowest BCUT2D eigenvalue weighted by atomic mass is 9.98. The molecule has 5 rings (SSSR count). The normalized spacial score (nSPS) is 15.8. The molecule has 0 aliphatic carbocycles. The molecule has 0 fully saturated rings. The minimum absolute atomic E-state index is 0.0411. The SMILES string of the molecule is CC(CSC1c2ccccc2COc2ccc(C=Cc3ccc4ccc(F)cc4n3)cc21)C(=O)O. The Morgan fingerprint density at radius 2 is 1.94 bits per heavy atom. The molecule has 4 aromatic rings. The summed E-state index contributed by atoms with van der Waals surface area (Å²) in [6.45, 7) is 2.21. The molecule has 0 saturated heterocycles. The lowest BCUT2D eigenvalue weighted by Crippen LogP contribution is -2.13. The van der Waals surface area contributed by atoms with Gasteiger partial charge in [0, 0.05) is 22.8 Å². The van der Waals surface area contributed by atoms with Crippen molar-refractivity contribution in [1.29, 1.82) is 0 Å². The van der Waals surface area contributed by atoms with E-state index in [4.69, 9.17) is 4.74 Å². The molecule has 2 unspecified atom stereocenters. The molecule has 1 aromatic heterocycles. The fraction of sp³-hybridized carbons (Fsp3) is 0.172. The summed E-state index contributed by atoms with van der Waals surface area (Å²) < 4.78 is 19.7. The number of carboxylic acids is 1. The standard InChI is InChI=1S/C29H24FNO3S/c1-18(29(32)33)17-35-28-24-5-3-2-4-21(24)16-34-27-13-7-19(14-25(27)28)6-11-23-12-9-20-8-10-22(30)15-26(20)31-23/h2-15,18,28H,16-17H2,1H3,(H,32,33). The second-order valence-electron chi connectivity index (χ2n) is 8.64. The van der Waals surface area contributed by atoms with E-state index in [9.17, 15) is 14.3 Å². The quantitative estimate of drug-likeness (QED) is 0.319. The monoisotopic (exact) mass is 485 g/mol. The summed E-state index contributed by atoms with van der Waals surface area (Å²) in [6, 6.07) is 22.6. The Kier molecular flexibility index (Phi) is 6.55. The van der Waals surface area contributed by atoms with Crippen LogP contribution in [0.25, 0.3) is 23.1 Å². The number of thioether (sulfide) groups is 1. The number of ether oxygens (including phenoxy) is 1. The van der Waals surface area contributed by atoms with Gasteiger partial charge in [-0.15, -0.1) is 11.8 Å². The fourth-order valence-electron chi connectivity index (χ4n) is 4.12. The number of carbonyl (C=O) groups is 1. The number of halogens is 1. The van der Waals surface area contributed by atoms with Crippen LogP contribution in [0.4, 0.5) is 4.39 Å². The van der Waals surface area contributed by atoms with Crippen LogP contribution in [-0.2, 0) is 11.4 Å². The van der Waals surface area contributed by atoms with E-state index in [2.05, 4.69) is 23.2 Å². The van der Waals surface area contributed by atoms with E-state index in [0.29, 0.717) is 17.9 Å². The van der Waals surface area contributed by atoms with E-state index in [1.807, 2.05) is 48.6 Å². The van der Waals surface area contributed by atoms with Gasteiger partial charge in [0.05, 0.1) is 22.4 Å². The third kappa shape index (κ3) is 5.08. The van der Waals surface area contributed by atoms with Gasteiger partial charge >= 0.3 is 5.97 Å². The highest BCUT2D eigenvalue weighted by Gasteiger charge is 2.26. The summed E-state index contributed by atoms with van der Waals surface area (Å²) >= 11 is 1.63. The zero-order valence-electron chi connectivity index (χ0n) is 19.1. The van der Waals surface area contributed by atoms with Gasteiger partial charge in [-0.25, -0.2) is 9.37 Å². The van der Waals surface area contributed by atoms with Crippen molar-refractivity contribution < 1.29 is 19.0 Å². The average Bonchev–Trinajstić information content (AvgIpc) is 3.02. The number of hydrogen-bond acceptors (Lipinski definition) is 4. The number of aromatic nitrogens is 1. The van der Waals surface area contributed by atoms with Gasteiger partial charge in [-0.3, -0.25) is 4.79 Å². The number of hydrogen-bond donors (Lipinski definition) is 1. The maximum atomic E-state index is 13.6. The molecule has 1 N–H and O–H groups in total. The van der Waals surface area contributed by atoms with Crippen LogP contribution in [0.3, 0.4) is 0 Å². The van der Waals surface area contributed by atoms with E-state index >= 15 is 0 Å². The molecule has 6 heteroatoms. The van der Waals surface area contributed by atoms with Crippen LogP contribution < -0.4 is 4.74 Å². The van der Waals surface area contributed by atoms with Crippen molar-refractivity contribution in [2.75, 3.05) is 5.75 Å². The summed E-state index contributed by atoms with van der Waals surface area (Å²) in [5.74, 6) is -0.260. The molecule has 2 heterocycles. The second-order valence-corrected chi connectivity index (χ2v) is 9.78. The minimum atomic E-state index is -0.796. The maximum Gasteiger partial charge on any atom is 0.307 e. The molecule has 0 amide bonds. The van der Waals surface area contributed by atoms with Crippen LogP contribution in [0.15, 0.2) is 72.8 Å². The van der Waals surface area contributed by atoms with E-state index in [1.54, 1.807) is 24.8 Å². The highest BCUT2D eigenvalue weighted by Crippen LogP contribution is 2.45. The number of fused-ring (bicyclic) bond motifs is 3. The molecule has 3 aromatic carbocycles. The lowest BCUT2D eigenvalue weighted by molar-refractivity contribution is -0.140. The molecule has 176 valence electrons. The fourth-order valence-corrected chi connectivity index (χ4v) is 5.52. The van der Waals surface area contributed by atoms with Crippen molar-refractivity contribution in [2.24, 2.45) is 5.92 Å². The highest BCUT2D eigenvalue weighted by atomic mass is 32.2. The first-order chi connectivity index (χ1) is 17.0. The molecule has 0 radical (unpaired) electrons. The Balaban J connectivity index is 1.48. The van der Waals surface area contributed by atoms with Gasteiger partial charge in [-0.2, -0.15) is 0 Å². The van der Waals surface area contributed by atoms with Crippen molar-refractivity contribution in [2.45, 2.75) is 18.8 Å². The predicted octanol–water partition coefficient (Wildman–Crippen LogP) is 6.98. The van der Waals surface area contributed by atoms with Crippen LogP contribution in [0.2, 0.25) is 0 Å².